The van der Waals surface area contributed by atoms with Gasteiger partial charge in [0.25, 0.3) is 0 Å². The van der Waals surface area contributed by atoms with E-state index in [0.29, 0.717) is 20.8 Å². The molecular formula is C9H8Cl3NO. The number of rotatable bonds is 2. The van der Waals surface area contributed by atoms with Crippen LogP contribution >= 0.6 is 34.8 Å². The van der Waals surface area contributed by atoms with Crippen molar-refractivity contribution in [3.8, 4) is 5.75 Å². The van der Waals surface area contributed by atoms with Crippen LogP contribution in [0.1, 0.15) is 0 Å². The van der Waals surface area contributed by atoms with Crippen LogP contribution in [0.3, 0.4) is 0 Å². The van der Waals surface area contributed by atoms with Crippen LogP contribution in [0.2, 0.25) is 15.1 Å². The second-order valence-corrected chi connectivity index (χ2v) is 4.32. The fourth-order valence-corrected chi connectivity index (χ4v) is 1.70. The van der Waals surface area contributed by atoms with E-state index in [1.54, 1.807) is 12.1 Å². The number of hydrogen-bond donors (Lipinski definition) is 1. The molecule has 5 heteroatoms. The van der Waals surface area contributed by atoms with Crippen molar-refractivity contribution >= 4 is 34.8 Å². The van der Waals surface area contributed by atoms with Crippen LogP contribution in [0, 0.1) is 0 Å². The van der Waals surface area contributed by atoms with E-state index in [1.807, 2.05) is 0 Å². The van der Waals surface area contributed by atoms with Gasteiger partial charge in [-0.2, -0.15) is 0 Å². The number of benzene rings is 1. The van der Waals surface area contributed by atoms with E-state index in [-0.39, 0.29) is 6.10 Å². The lowest BCUT2D eigenvalue weighted by atomic mass is 10.2. The maximum Gasteiger partial charge on any atom is 0.140 e. The molecule has 1 aromatic rings. The van der Waals surface area contributed by atoms with Crippen molar-refractivity contribution in [2.45, 2.75) is 6.10 Å². The quantitative estimate of drug-likeness (QED) is 0.817. The highest BCUT2D eigenvalue weighted by atomic mass is 35.5. The molecule has 0 atom stereocenters. The van der Waals surface area contributed by atoms with Gasteiger partial charge in [0, 0.05) is 19.2 Å². The summed E-state index contributed by atoms with van der Waals surface area (Å²) in [5, 5.41) is 4.49. The van der Waals surface area contributed by atoms with Crippen LogP contribution in [0.5, 0.6) is 5.75 Å². The van der Waals surface area contributed by atoms with Gasteiger partial charge in [-0.15, -0.1) is 0 Å². The van der Waals surface area contributed by atoms with Crippen molar-refractivity contribution in [2.24, 2.45) is 0 Å². The molecule has 0 bridgehead atoms. The van der Waals surface area contributed by atoms with E-state index in [4.69, 9.17) is 39.5 Å². The van der Waals surface area contributed by atoms with Crippen LogP contribution in [0.15, 0.2) is 12.1 Å². The van der Waals surface area contributed by atoms with Gasteiger partial charge < -0.3 is 10.1 Å². The predicted molar refractivity (Wildman–Crippen MR) is 58.8 cm³/mol. The minimum absolute atomic E-state index is 0.185. The fraction of sp³-hybridized carbons (Fsp3) is 0.333. The SMILES string of the molecule is Clc1cc(Cl)c(OC2CNC2)cc1Cl. The molecule has 1 aliphatic heterocycles. The molecule has 1 aromatic carbocycles. The standard InChI is InChI=1S/C9H8Cl3NO/c10-6-1-8(12)9(2-7(6)11)14-5-3-13-4-5/h1-2,5,13H,3-4H2. The molecule has 0 radical (unpaired) electrons. The minimum atomic E-state index is 0.185. The second kappa shape index (κ2) is 4.15. The summed E-state index contributed by atoms with van der Waals surface area (Å²) in [6, 6.07) is 3.23. The van der Waals surface area contributed by atoms with Gasteiger partial charge >= 0.3 is 0 Å². The van der Waals surface area contributed by atoms with Crippen LogP contribution in [-0.2, 0) is 0 Å². The summed E-state index contributed by atoms with van der Waals surface area (Å²) in [6.45, 7) is 1.69. The van der Waals surface area contributed by atoms with E-state index < -0.39 is 0 Å². The summed E-state index contributed by atoms with van der Waals surface area (Å²) in [5.74, 6) is 0.590. The lowest BCUT2D eigenvalue weighted by molar-refractivity contribution is 0.142. The molecule has 14 heavy (non-hydrogen) atoms. The van der Waals surface area contributed by atoms with Gasteiger partial charge in [-0.1, -0.05) is 34.8 Å². The van der Waals surface area contributed by atoms with Gasteiger partial charge in [0.2, 0.25) is 0 Å². The summed E-state index contributed by atoms with van der Waals surface area (Å²) >= 11 is 17.6. The average Bonchev–Trinajstić information content (AvgIpc) is 2.06. The Morgan fingerprint density at radius 2 is 1.71 bits per heavy atom. The van der Waals surface area contributed by atoms with E-state index in [9.17, 15) is 0 Å². The molecule has 1 saturated heterocycles. The average molecular weight is 253 g/mol. The van der Waals surface area contributed by atoms with E-state index >= 15 is 0 Å². The third-order valence-electron chi connectivity index (χ3n) is 2.01. The van der Waals surface area contributed by atoms with Gasteiger partial charge in [-0.3, -0.25) is 0 Å². The zero-order valence-corrected chi connectivity index (χ0v) is 9.46. The zero-order valence-electron chi connectivity index (χ0n) is 7.19. The van der Waals surface area contributed by atoms with Crippen molar-refractivity contribution in [3.05, 3.63) is 27.2 Å². The first kappa shape index (κ1) is 10.4. The van der Waals surface area contributed by atoms with Crippen molar-refractivity contribution in [3.63, 3.8) is 0 Å². The Bertz CT molecular complexity index is 352. The predicted octanol–water partition coefficient (Wildman–Crippen LogP) is 3.00. The largest absolute Gasteiger partial charge is 0.486 e. The smallest absolute Gasteiger partial charge is 0.140 e. The molecule has 1 N–H and O–H groups in total. The maximum atomic E-state index is 5.94. The van der Waals surface area contributed by atoms with E-state index in [1.165, 1.54) is 0 Å². The minimum Gasteiger partial charge on any atom is -0.486 e. The van der Waals surface area contributed by atoms with Crippen molar-refractivity contribution in [2.75, 3.05) is 13.1 Å². The summed E-state index contributed by atoms with van der Waals surface area (Å²) in [7, 11) is 0. The molecule has 76 valence electrons. The van der Waals surface area contributed by atoms with Crippen LogP contribution in [-0.4, -0.2) is 19.2 Å². The number of nitrogens with one attached hydrogen (secondary N) is 1. The van der Waals surface area contributed by atoms with Crippen LogP contribution < -0.4 is 10.1 Å². The highest BCUT2D eigenvalue weighted by molar-refractivity contribution is 6.43. The zero-order chi connectivity index (χ0) is 10.1. The molecule has 0 unspecified atom stereocenters. The van der Waals surface area contributed by atoms with Gasteiger partial charge in [0.15, 0.2) is 0 Å². The molecule has 0 amide bonds. The maximum absolute atomic E-state index is 5.94. The summed E-state index contributed by atoms with van der Waals surface area (Å²) in [5.41, 5.74) is 0. The number of hydrogen-bond acceptors (Lipinski definition) is 2. The Balaban J connectivity index is 2.19. The normalized spacial score (nSPS) is 16.5. The van der Waals surface area contributed by atoms with Crippen LogP contribution in [0.25, 0.3) is 0 Å². The first-order chi connectivity index (χ1) is 6.66. The first-order valence-electron chi connectivity index (χ1n) is 4.19. The van der Waals surface area contributed by atoms with E-state index in [2.05, 4.69) is 5.32 Å². The van der Waals surface area contributed by atoms with Crippen LogP contribution in [0.4, 0.5) is 0 Å². The monoisotopic (exact) mass is 251 g/mol. The Kier molecular flexibility index (Phi) is 3.07. The molecule has 0 aliphatic carbocycles. The van der Waals surface area contributed by atoms with Gasteiger partial charge in [-0.25, -0.2) is 0 Å². The Morgan fingerprint density at radius 3 is 2.29 bits per heavy atom. The highest BCUT2D eigenvalue weighted by Crippen LogP contribution is 2.34. The number of ether oxygens (including phenoxy) is 1. The summed E-state index contributed by atoms with van der Waals surface area (Å²) in [4.78, 5) is 0. The second-order valence-electron chi connectivity index (χ2n) is 3.09. The molecular weight excluding hydrogens is 244 g/mol. The summed E-state index contributed by atoms with van der Waals surface area (Å²) < 4.78 is 5.58. The van der Waals surface area contributed by atoms with Gasteiger partial charge in [-0.05, 0) is 6.07 Å². The molecule has 0 saturated carbocycles. The Labute approximate surface area is 97.1 Å². The molecule has 2 rings (SSSR count). The Morgan fingerprint density at radius 1 is 1.07 bits per heavy atom. The third-order valence-corrected chi connectivity index (χ3v) is 3.03. The van der Waals surface area contributed by atoms with Crippen molar-refractivity contribution in [1.82, 2.24) is 5.32 Å². The molecule has 1 aliphatic rings. The molecule has 0 aromatic heterocycles. The molecule has 2 nitrogen and oxygen atoms in total. The lowest BCUT2D eigenvalue weighted by Gasteiger charge is -2.28. The summed E-state index contributed by atoms with van der Waals surface area (Å²) in [6.07, 6.45) is 0.185. The topological polar surface area (TPSA) is 21.3 Å². The molecule has 1 fully saturated rings. The van der Waals surface area contributed by atoms with Crippen molar-refractivity contribution < 1.29 is 4.74 Å². The van der Waals surface area contributed by atoms with E-state index in [0.717, 1.165) is 13.1 Å². The molecule has 1 heterocycles. The van der Waals surface area contributed by atoms with Gasteiger partial charge in [0.05, 0.1) is 15.1 Å². The first-order valence-corrected chi connectivity index (χ1v) is 5.32. The Hall–Kier alpha value is -0.150. The third kappa shape index (κ3) is 2.09. The molecule has 0 spiro atoms. The highest BCUT2D eigenvalue weighted by Gasteiger charge is 2.20. The van der Waals surface area contributed by atoms with Gasteiger partial charge in [0.1, 0.15) is 11.9 Å². The fourth-order valence-electron chi connectivity index (χ4n) is 1.12. The lowest BCUT2D eigenvalue weighted by Crippen LogP contribution is -2.50. The number of halogens is 3. The van der Waals surface area contributed by atoms with Crippen molar-refractivity contribution in [1.29, 1.82) is 0 Å².